The molecule has 24 heavy (non-hydrogen) atoms. The van der Waals surface area contributed by atoms with Gasteiger partial charge in [0.25, 0.3) is 0 Å². The van der Waals surface area contributed by atoms with Gasteiger partial charge in [-0.2, -0.15) is 0 Å². The molecule has 1 heterocycles. The molecule has 3 rings (SSSR count). The van der Waals surface area contributed by atoms with Crippen LogP contribution >= 0.6 is 35.1 Å². The summed E-state index contributed by atoms with van der Waals surface area (Å²) in [6.45, 7) is 2.60. The zero-order valence-electron chi connectivity index (χ0n) is 13.4. The predicted molar refractivity (Wildman–Crippen MR) is 98.9 cm³/mol. The van der Waals surface area contributed by atoms with Crippen LogP contribution in [0.15, 0.2) is 34.3 Å². The fraction of sp³-hybridized carbons (Fsp3) is 0.438. The van der Waals surface area contributed by atoms with E-state index in [2.05, 4.69) is 20.1 Å². The van der Waals surface area contributed by atoms with Gasteiger partial charge in [-0.05, 0) is 44.0 Å². The predicted octanol–water partition coefficient (Wildman–Crippen LogP) is 3.58. The van der Waals surface area contributed by atoms with Gasteiger partial charge in [0.15, 0.2) is 5.16 Å². The van der Waals surface area contributed by atoms with Crippen LogP contribution in [0.3, 0.4) is 0 Å². The molecule has 1 fully saturated rings. The van der Waals surface area contributed by atoms with Crippen LogP contribution in [0.4, 0.5) is 0 Å². The van der Waals surface area contributed by atoms with Crippen LogP contribution in [0.25, 0.3) is 0 Å². The van der Waals surface area contributed by atoms with Crippen LogP contribution in [-0.4, -0.2) is 38.7 Å². The third-order valence-electron chi connectivity index (χ3n) is 3.59. The number of hydrogen-bond acceptors (Lipinski definition) is 5. The number of aromatic nitrogens is 3. The highest BCUT2D eigenvalue weighted by molar-refractivity contribution is 7.99. The van der Waals surface area contributed by atoms with Gasteiger partial charge in [-0.15, -0.1) is 22.0 Å². The first-order chi connectivity index (χ1) is 11.6. The van der Waals surface area contributed by atoms with Crippen molar-refractivity contribution < 1.29 is 4.79 Å². The molecule has 5 nitrogen and oxygen atoms in total. The lowest BCUT2D eigenvalue weighted by molar-refractivity contribution is -0.118. The highest BCUT2D eigenvalue weighted by Gasteiger charge is 2.28. The van der Waals surface area contributed by atoms with Crippen molar-refractivity contribution in [3.63, 3.8) is 0 Å². The van der Waals surface area contributed by atoms with Crippen LogP contribution in [0.2, 0.25) is 5.02 Å². The number of thioether (sulfide) groups is 2. The smallest absolute Gasteiger partial charge is 0.230 e. The molecule has 0 atom stereocenters. The Hall–Kier alpha value is -1.18. The Bertz CT molecular complexity index is 701. The van der Waals surface area contributed by atoms with E-state index < -0.39 is 0 Å². The molecule has 1 amide bonds. The fourth-order valence-electron chi connectivity index (χ4n) is 2.27. The third-order valence-corrected chi connectivity index (χ3v) is 5.79. The van der Waals surface area contributed by atoms with E-state index in [-0.39, 0.29) is 5.91 Å². The minimum atomic E-state index is 0.0275. The lowest BCUT2D eigenvalue weighted by Gasteiger charge is -2.07. The van der Waals surface area contributed by atoms with Gasteiger partial charge in [0.1, 0.15) is 5.82 Å². The number of amides is 1. The largest absolute Gasteiger partial charge is 0.355 e. The normalized spacial score (nSPS) is 13.9. The van der Waals surface area contributed by atoms with Crippen LogP contribution in [0, 0.1) is 6.92 Å². The first kappa shape index (κ1) is 17.6. The Morgan fingerprint density at radius 3 is 2.75 bits per heavy atom. The Morgan fingerprint density at radius 2 is 2.04 bits per heavy atom. The van der Waals surface area contributed by atoms with E-state index >= 15 is 0 Å². The number of rotatable bonds is 8. The molecule has 1 aliphatic rings. The number of nitrogens with one attached hydrogen (secondary N) is 1. The molecule has 1 aromatic carbocycles. The maximum absolute atomic E-state index is 12.0. The molecule has 0 radical (unpaired) electrons. The molecule has 0 bridgehead atoms. The Kier molecular flexibility index (Phi) is 6.08. The molecule has 0 aliphatic heterocycles. The summed E-state index contributed by atoms with van der Waals surface area (Å²) in [5.41, 5.74) is 0. The van der Waals surface area contributed by atoms with Crippen molar-refractivity contribution in [3.05, 3.63) is 35.1 Å². The van der Waals surface area contributed by atoms with Crippen molar-refractivity contribution in [2.24, 2.45) is 0 Å². The van der Waals surface area contributed by atoms with Crippen molar-refractivity contribution in [3.8, 4) is 0 Å². The SMILES string of the molecule is Cc1nnc(SCC(=O)NCCSc2ccc(Cl)cc2)n1C1CC1. The maximum Gasteiger partial charge on any atom is 0.230 e. The number of nitrogens with zero attached hydrogens (tertiary/aromatic N) is 3. The summed E-state index contributed by atoms with van der Waals surface area (Å²) >= 11 is 9.01. The number of halogens is 1. The standard InChI is InChI=1S/C16H19ClN4OS2/c1-11-19-20-16(21(11)13-4-5-13)24-10-15(22)18-8-9-23-14-6-2-12(17)3-7-14/h2-3,6-7,13H,4-5,8-10H2,1H3,(H,18,22). The molecular weight excluding hydrogens is 364 g/mol. The van der Waals surface area contributed by atoms with Gasteiger partial charge in [0, 0.05) is 28.3 Å². The van der Waals surface area contributed by atoms with Gasteiger partial charge < -0.3 is 9.88 Å². The second-order valence-electron chi connectivity index (χ2n) is 5.57. The maximum atomic E-state index is 12.0. The van der Waals surface area contributed by atoms with Crippen LogP contribution in [0.5, 0.6) is 0 Å². The zero-order chi connectivity index (χ0) is 16.9. The van der Waals surface area contributed by atoms with Crippen LogP contribution in [-0.2, 0) is 4.79 Å². The highest BCUT2D eigenvalue weighted by Crippen LogP contribution is 2.38. The summed E-state index contributed by atoms with van der Waals surface area (Å²) in [6, 6.07) is 8.24. The molecule has 0 spiro atoms. The van der Waals surface area contributed by atoms with E-state index in [0.29, 0.717) is 18.3 Å². The second kappa shape index (κ2) is 8.27. The summed E-state index contributed by atoms with van der Waals surface area (Å²) in [7, 11) is 0. The Morgan fingerprint density at radius 1 is 1.29 bits per heavy atom. The Balaban J connectivity index is 1.36. The summed E-state index contributed by atoms with van der Waals surface area (Å²) in [5, 5.41) is 12.8. The average Bonchev–Trinajstić information content (AvgIpc) is 3.34. The molecule has 0 saturated heterocycles. The number of carbonyl (C=O) groups is 1. The first-order valence-corrected chi connectivity index (χ1v) is 10.2. The van der Waals surface area contributed by atoms with E-state index in [1.165, 1.54) is 24.6 Å². The summed E-state index contributed by atoms with van der Waals surface area (Å²) in [6.07, 6.45) is 2.36. The van der Waals surface area contributed by atoms with Crippen molar-refractivity contribution in [1.82, 2.24) is 20.1 Å². The molecule has 128 valence electrons. The molecule has 2 aromatic rings. The van der Waals surface area contributed by atoms with Crippen molar-refractivity contribution in [1.29, 1.82) is 0 Å². The summed E-state index contributed by atoms with van der Waals surface area (Å²) < 4.78 is 2.15. The molecule has 1 N–H and O–H groups in total. The summed E-state index contributed by atoms with van der Waals surface area (Å²) in [4.78, 5) is 13.1. The van der Waals surface area contributed by atoms with Gasteiger partial charge in [-0.1, -0.05) is 23.4 Å². The van der Waals surface area contributed by atoms with Crippen molar-refractivity contribution in [2.75, 3.05) is 18.1 Å². The number of aryl methyl sites for hydroxylation is 1. The molecular formula is C16H19ClN4OS2. The van der Waals surface area contributed by atoms with Gasteiger partial charge in [-0.25, -0.2) is 0 Å². The Labute approximate surface area is 154 Å². The number of carbonyl (C=O) groups excluding carboxylic acids is 1. The van der Waals surface area contributed by atoms with Gasteiger partial charge in [0.2, 0.25) is 5.91 Å². The minimum absolute atomic E-state index is 0.0275. The number of benzene rings is 1. The quantitative estimate of drug-likeness (QED) is 0.558. The molecule has 8 heteroatoms. The van der Waals surface area contributed by atoms with Crippen molar-refractivity contribution >= 4 is 41.0 Å². The molecule has 1 aromatic heterocycles. The van der Waals surface area contributed by atoms with Gasteiger partial charge in [0.05, 0.1) is 5.75 Å². The first-order valence-electron chi connectivity index (χ1n) is 7.83. The zero-order valence-corrected chi connectivity index (χ0v) is 15.8. The van der Waals surface area contributed by atoms with E-state index in [1.807, 2.05) is 31.2 Å². The van der Waals surface area contributed by atoms with Crippen LogP contribution < -0.4 is 5.32 Å². The lowest BCUT2D eigenvalue weighted by Crippen LogP contribution is -2.27. The number of hydrogen-bond donors (Lipinski definition) is 1. The third kappa shape index (κ3) is 4.91. The van der Waals surface area contributed by atoms with Crippen molar-refractivity contribution in [2.45, 2.75) is 35.9 Å². The van der Waals surface area contributed by atoms with E-state index in [4.69, 9.17) is 11.6 Å². The minimum Gasteiger partial charge on any atom is -0.355 e. The van der Waals surface area contributed by atoms with Gasteiger partial charge in [-0.3, -0.25) is 4.79 Å². The highest BCUT2D eigenvalue weighted by atomic mass is 35.5. The van der Waals surface area contributed by atoms with E-state index in [9.17, 15) is 4.79 Å². The summed E-state index contributed by atoms with van der Waals surface area (Å²) in [5.74, 6) is 2.16. The fourth-order valence-corrected chi connectivity index (χ4v) is 4.05. The van der Waals surface area contributed by atoms with Gasteiger partial charge >= 0.3 is 0 Å². The monoisotopic (exact) mass is 382 g/mol. The second-order valence-corrected chi connectivity index (χ2v) is 8.12. The van der Waals surface area contributed by atoms with E-state index in [0.717, 1.165) is 26.7 Å². The van der Waals surface area contributed by atoms with E-state index in [1.54, 1.807) is 11.8 Å². The molecule has 1 saturated carbocycles. The topological polar surface area (TPSA) is 59.8 Å². The van der Waals surface area contributed by atoms with Crippen LogP contribution in [0.1, 0.15) is 24.7 Å². The molecule has 1 aliphatic carbocycles. The molecule has 0 unspecified atom stereocenters. The average molecular weight is 383 g/mol. The lowest BCUT2D eigenvalue weighted by atomic mass is 10.4.